The van der Waals surface area contributed by atoms with Gasteiger partial charge in [0, 0.05) is 37.5 Å². The van der Waals surface area contributed by atoms with Crippen molar-refractivity contribution in [3.05, 3.63) is 24.2 Å². The molecule has 2 aromatic rings. The standard InChI is InChI=1S/C14H18N4O/c1-11-8-12-13(15-4-6-18(12)16-11)17-5-2-14(9-17)3-7-19-10-14/h4,6,8H,2-3,5,7,9-10H2,1H3. The van der Waals surface area contributed by atoms with E-state index in [4.69, 9.17) is 4.74 Å². The fourth-order valence-electron chi connectivity index (χ4n) is 3.36. The summed E-state index contributed by atoms with van der Waals surface area (Å²) in [7, 11) is 0. The molecule has 2 aromatic heterocycles. The molecule has 2 fully saturated rings. The number of anilines is 1. The van der Waals surface area contributed by atoms with Gasteiger partial charge in [0.25, 0.3) is 0 Å². The molecule has 5 nitrogen and oxygen atoms in total. The predicted octanol–water partition coefficient (Wildman–Crippen LogP) is 1.65. The highest BCUT2D eigenvalue weighted by molar-refractivity contribution is 5.69. The minimum absolute atomic E-state index is 0.365. The molecule has 2 aliphatic rings. The normalized spacial score (nSPS) is 26.9. The number of fused-ring (bicyclic) bond motifs is 1. The Morgan fingerprint density at radius 1 is 1.37 bits per heavy atom. The van der Waals surface area contributed by atoms with Crippen LogP contribution in [0.5, 0.6) is 0 Å². The molecule has 0 amide bonds. The third-order valence-corrected chi connectivity index (χ3v) is 4.41. The summed E-state index contributed by atoms with van der Waals surface area (Å²) in [6, 6.07) is 2.11. The topological polar surface area (TPSA) is 42.7 Å². The maximum atomic E-state index is 5.59. The highest BCUT2D eigenvalue weighted by Crippen LogP contribution is 2.40. The lowest BCUT2D eigenvalue weighted by Crippen LogP contribution is -2.28. The van der Waals surface area contributed by atoms with Crippen LogP contribution in [0.1, 0.15) is 18.5 Å². The molecule has 1 unspecified atom stereocenters. The van der Waals surface area contributed by atoms with Gasteiger partial charge < -0.3 is 9.64 Å². The Kier molecular flexibility index (Phi) is 2.33. The zero-order chi connectivity index (χ0) is 12.9. The average molecular weight is 258 g/mol. The largest absolute Gasteiger partial charge is 0.381 e. The van der Waals surface area contributed by atoms with E-state index in [1.165, 1.54) is 12.8 Å². The summed E-state index contributed by atoms with van der Waals surface area (Å²) in [6.45, 7) is 5.97. The van der Waals surface area contributed by atoms with Crippen molar-refractivity contribution >= 4 is 11.3 Å². The third-order valence-electron chi connectivity index (χ3n) is 4.41. The second-order valence-corrected chi connectivity index (χ2v) is 5.84. The summed E-state index contributed by atoms with van der Waals surface area (Å²) < 4.78 is 7.52. The van der Waals surface area contributed by atoms with E-state index >= 15 is 0 Å². The molecule has 19 heavy (non-hydrogen) atoms. The minimum Gasteiger partial charge on any atom is -0.381 e. The van der Waals surface area contributed by atoms with E-state index in [0.29, 0.717) is 5.41 Å². The lowest BCUT2D eigenvalue weighted by atomic mass is 9.87. The van der Waals surface area contributed by atoms with Crippen molar-refractivity contribution < 1.29 is 4.74 Å². The molecule has 0 N–H and O–H groups in total. The van der Waals surface area contributed by atoms with Crippen LogP contribution < -0.4 is 4.90 Å². The Morgan fingerprint density at radius 3 is 3.16 bits per heavy atom. The summed E-state index contributed by atoms with van der Waals surface area (Å²) >= 11 is 0. The monoisotopic (exact) mass is 258 g/mol. The Hall–Kier alpha value is -1.62. The number of rotatable bonds is 1. The molecule has 4 heterocycles. The summed E-state index contributed by atoms with van der Waals surface area (Å²) in [4.78, 5) is 6.98. The lowest BCUT2D eigenvalue weighted by Gasteiger charge is -2.22. The number of nitrogens with zero attached hydrogens (tertiary/aromatic N) is 4. The molecule has 4 rings (SSSR count). The van der Waals surface area contributed by atoms with Gasteiger partial charge in [0.2, 0.25) is 0 Å². The first-order chi connectivity index (χ1) is 9.26. The van der Waals surface area contributed by atoms with Crippen LogP contribution in [-0.4, -0.2) is 40.9 Å². The molecule has 100 valence electrons. The zero-order valence-electron chi connectivity index (χ0n) is 11.2. The van der Waals surface area contributed by atoms with Crippen molar-refractivity contribution in [1.29, 1.82) is 0 Å². The van der Waals surface area contributed by atoms with Gasteiger partial charge in [0.1, 0.15) is 5.52 Å². The van der Waals surface area contributed by atoms with Crippen LogP contribution in [0.2, 0.25) is 0 Å². The first-order valence-corrected chi connectivity index (χ1v) is 6.90. The summed E-state index contributed by atoms with van der Waals surface area (Å²) in [5, 5.41) is 4.46. The molecule has 2 saturated heterocycles. The van der Waals surface area contributed by atoms with Crippen LogP contribution in [0.25, 0.3) is 5.52 Å². The van der Waals surface area contributed by atoms with Gasteiger partial charge >= 0.3 is 0 Å². The number of hydrogen-bond donors (Lipinski definition) is 0. The van der Waals surface area contributed by atoms with Crippen LogP contribution in [-0.2, 0) is 4.74 Å². The molecule has 0 bridgehead atoms. The van der Waals surface area contributed by atoms with Gasteiger partial charge in [-0.05, 0) is 25.8 Å². The van der Waals surface area contributed by atoms with Crippen molar-refractivity contribution in [3.8, 4) is 0 Å². The first kappa shape index (κ1) is 11.2. The minimum atomic E-state index is 0.365. The predicted molar refractivity (Wildman–Crippen MR) is 72.4 cm³/mol. The lowest BCUT2D eigenvalue weighted by molar-refractivity contribution is 0.160. The second kappa shape index (κ2) is 3.93. The molecule has 0 saturated carbocycles. The highest BCUT2D eigenvalue weighted by Gasteiger charge is 2.42. The fraction of sp³-hybridized carbons (Fsp3) is 0.571. The van der Waals surface area contributed by atoms with Gasteiger partial charge in [-0.1, -0.05) is 0 Å². The Bertz CT molecular complexity index is 615. The Labute approximate surface area is 112 Å². The summed E-state index contributed by atoms with van der Waals surface area (Å²) in [6.07, 6.45) is 6.15. The van der Waals surface area contributed by atoms with Crippen molar-refractivity contribution in [2.45, 2.75) is 19.8 Å². The number of ether oxygens (including phenoxy) is 1. The molecular formula is C14H18N4O. The van der Waals surface area contributed by atoms with E-state index in [0.717, 1.165) is 43.3 Å². The highest BCUT2D eigenvalue weighted by atomic mass is 16.5. The van der Waals surface area contributed by atoms with E-state index in [9.17, 15) is 0 Å². The number of hydrogen-bond acceptors (Lipinski definition) is 4. The fourth-order valence-corrected chi connectivity index (χ4v) is 3.36. The molecule has 0 radical (unpaired) electrons. The molecule has 0 aliphatic carbocycles. The second-order valence-electron chi connectivity index (χ2n) is 5.84. The van der Waals surface area contributed by atoms with E-state index in [2.05, 4.69) is 21.0 Å². The van der Waals surface area contributed by atoms with Gasteiger partial charge in [0.05, 0.1) is 12.3 Å². The molecule has 1 spiro atoms. The molecule has 1 atom stereocenters. The van der Waals surface area contributed by atoms with Gasteiger partial charge in [0.15, 0.2) is 5.82 Å². The van der Waals surface area contributed by atoms with Gasteiger partial charge in [-0.25, -0.2) is 9.50 Å². The van der Waals surface area contributed by atoms with Crippen molar-refractivity contribution in [3.63, 3.8) is 0 Å². The van der Waals surface area contributed by atoms with Gasteiger partial charge in [-0.2, -0.15) is 5.10 Å². The first-order valence-electron chi connectivity index (χ1n) is 6.90. The maximum absolute atomic E-state index is 5.59. The Balaban J connectivity index is 1.71. The van der Waals surface area contributed by atoms with E-state index in [1.807, 2.05) is 23.8 Å². The van der Waals surface area contributed by atoms with Gasteiger partial charge in [-0.3, -0.25) is 0 Å². The van der Waals surface area contributed by atoms with E-state index in [-0.39, 0.29) is 0 Å². The van der Waals surface area contributed by atoms with Crippen molar-refractivity contribution in [2.75, 3.05) is 31.2 Å². The van der Waals surface area contributed by atoms with Crippen molar-refractivity contribution in [2.24, 2.45) is 5.41 Å². The molecule has 2 aliphatic heterocycles. The number of aryl methyl sites for hydroxylation is 1. The average Bonchev–Trinajstić information content (AvgIpc) is 3.10. The van der Waals surface area contributed by atoms with Crippen LogP contribution in [0.3, 0.4) is 0 Å². The number of aromatic nitrogens is 3. The van der Waals surface area contributed by atoms with Gasteiger partial charge in [-0.15, -0.1) is 0 Å². The van der Waals surface area contributed by atoms with Crippen molar-refractivity contribution in [1.82, 2.24) is 14.6 Å². The SMILES string of the molecule is Cc1cc2c(N3CCC4(CCOC4)C3)nccn2n1. The summed E-state index contributed by atoms with van der Waals surface area (Å²) in [5.41, 5.74) is 2.51. The Morgan fingerprint density at radius 2 is 2.32 bits per heavy atom. The van der Waals surface area contributed by atoms with E-state index < -0.39 is 0 Å². The van der Waals surface area contributed by atoms with Crippen LogP contribution in [0.4, 0.5) is 5.82 Å². The van der Waals surface area contributed by atoms with Crippen LogP contribution in [0, 0.1) is 12.3 Å². The van der Waals surface area contributed by atoms with Crippen LogP contribution >= 0.6 is 0 Å². The molecular weight excluding hydrogens is 240 g/mol. The summed E-state index contributed by atoms with van der Waals surface area (Å²) in [5.74, 6) is 1.06. The van der Waals surface area contributed by atoms with E-state index in [1.54, 1.807) is 0 Å². The maximum Gasteiger partial charge on any atom is 0.154 e. The third kappa shape index (κ3) is 1.72. The molecule has 5 heteroatoms. The molecule has 0 aromatic carbocycles. The smallest absolute Gasteiger partial charge is 0.154 e. The van der Waals surface area contributed by atoms with Crippen LogP contribution in [0.15, 0.2) is 18.5 Å². The zero-order valence-corrected chi connectivity index (χ0v) is 11.2. The quantitative estimate of drug-likeness (QED) is 0.780.